The number of hydrogen-bond donors (Lipinski definition) is 1. The van der Waals surface area contributed by atoms with E-state index in [0.717, 1.165) is 25.1 Å². The third kappa shape index (κ3) is 4.99. The molecule has 0 fully saturated rings. The maximum atomic E-state index is 12.3. The van der Waals surface area contributed by atoms with E-state index in [1.807, 2.05) is 0 Å². The number of alkyl halides is 3. The van der Waals surface area contributed by atoms with Gasteiger partial charge in [-0.05, 0) is 18.9 Å². The molecule has 0 aliphatic rings. The molecule has 0 atom stereocenters. The number of nitrogens with one attached hydrogen (secondary N) is 1. The highest BCUT2D eigenvalue weighted by atomic mass is 19.4. The lowest BCUT2D eigenvalue weighted by atomic mass is 10.3. The number of hydrogen-bond acceptors (Lipinski definition) is 4. The molecule has 0 aliphatic heterocycles. The normalized spacial score (nSPS) is 11.5. The van der Waals surface area contributed by atoms with Gasteiger partial charge in [-0.2, -0.15) is 13.2 Å². The Morgan fingerprint density at radius 1 is 1.35 bits per heavy atom. The summed E-state index contributed by atoms with van der Waals surface area (Å²) >= 11 is 0. The Bertz CT molecular complexity index is 344. The highest BCUT2D eigenvalue weighted by molar-refractivity contribution is 5.25. The molecule has 17 heavy (non-hydrogen) atoms. The van der Waals surface area contributed by atoms with Gasteiger partial charge in [-0.25, -0.2) is 9.97 Å². The zero-order valence-corrected chi connectivity index (χ0v) is 9.42. The number of ether oxygens (including phenoxy) is 1. The van der Waals surface area contributed by atoms with Crippen LogP contribution >= 0.6 is 0 Å². The van der Waals surface area contributed by atoms with Gasteiger partial charge in [0.05, 0.1) is 0 Å². The van der Waals surface area contributed by atoms with Crippen molar-refractivity contribution in [2.75, 3.05) is 25.6 Å². The molecule has 0 saturated carbocycles. The molecule has 1 rings (SSSR count). The predicted octanol–water partition coefficient (Wildman–Crippen LogP) is 2.33. The maximum Gasteiger partial charge on any atom is 0.433 e. The van der Waals surface area contributed by atoms with Gasteiger partial charge in [0.1, 0.15) is 5.69 Å². The molecule has 1 aromatic heterocycles. The summed E-state index contributed by atoms with van der Waals surface area (Å²) in [4.78, 5) is 7.10. The lowest BCUT2D eigenvalue weighted by Crippen LogP contribution is -2.12. The Labute approximate surface area is 97.2 Å². The third-order valence-corrected chi connectivity index (χ3v) is 2.00. The maximum absolute atomic E-state index is 12.3. The summed E-state index contributed by atoms with van der Waals surface area (Å²) in [6, 6.07) is 0.843. The van der Waals surface area contributed by atoms with Gasteiger partial charge in [0.2, 0.25) is 5.95 Å². The van der Waals surface area contributed by atoms with Crippen LogP contribution in [0.25, 0.3) is 0 Å². The molecule has 0 unspecified atom stereocenters. The van der Waals surface area contributed by atoms with Crippen molar-refractivity contribution in [3.8, 4) is 0 Å². The van der Waals surface area contributed by atoms with Crippen molar-refractivity contribution in [2.24, 2.45) is 0 Å². The minimum absolute atomic E-state index is 0.00255. The zero-order chi connectivity index (χ0) is 12.7. The van der Waals surface area contributed by atoms with Crippen LogP contribution in [-0.2, 0) is 10.9 Å². The molecule has 1 aromatic rings. The van der Waals surface area contributed by atoms with Crippen LogP contribution in [0.3, 0.4) is 0 Å². The summed E-state index contributed by atoms with van der Waals surface area (Å²) in [6.45, 7) is 1.15. The van der Waals surface area contributed by atoms with E-state index in [4.69, 9.17) is 4.74 Å². The van der Waals surface area contributed by atoms with E-state index < -0.39 is 11.9 Å². The van der Waals surface area contributed by atoms with Crippen LogP contribution in [0.4, 0.5) is 19.1 Å². The van der Waals surface area contributed by atoms with Crippen LogP contribution in [0.15, 0.2) is 12.3 Å². The first-order valence-corrected chi connectivity index (χ1v) is 5.17. The molecule has 0 aromatic carbocycles. The molecule has 0 saturated heterocycles. The monoisotopic (exact) mass is 249 g/mol. The van der Waals surface area contributed by atoms with Crippen molar-refractivity contribution in [3.05, 3.63) is 18.0 Å². The van der Waals surface area contributed by atoms with E-state index in [1.54, 1.807) is 7.11 Å². The van der Waals surface area contributed by atoms with Gasteiger partial charge in [0.25, 0.3) is 0 Å². The van der Waals surface area contributed by atoms with Crippen molar-refractivity contribution >= 4 is 5.95 Å². The van der Waals surface area contributed by atoms with Crippen LogP contribution in [-0.4, -0.2) is 30.2 Å². The Morgan fingerprint density at radius 2 is 2.12 bits per heavy atom. The standard InChI is InChI=1S/C10H14F3N3O/c1-17-7-3-2-5-14-9-15-6-4-8(16-9)10(11,12)13/h4,6H,2-3,5,7H2,1H3,(H,14,15,16). The van der Waals surface area contributed by atoms with Crippen LogP contribution in [0.2, 0.25) is 0 Å². The van der Waals surface area contributed by atoms with Crippen molar-refractivity contribution in [1.29, 1.82) is 0 Å². The second-order valence-electron chi connectivity index (χ2n) is 3.39. The quantitative estimate of drug-likeness (QED) is 0.786. The topological polar surface area (TPSA) is 47.0 Å². The van der Waals surface area contributed by atoms with Crippen molar-refractivity contribution < 1.29 is 17.9 Å². The lowest BCUT2D eigenvalue weighted by molar-refractivity contribution is -0.141. The van der Waals surface area contributed by atoms with Crippen LogP contribution in [0.5, 0.6) is 0 Å². The summed E-state index contributed by atoms with van der Waals surface area (Å²) in [6.07, 6.45) is -1.72. The summed E-state index contributed by atoms with van der Waals surface area (Å²) in [5.41, 5.74) is -0.938. The molecular formula is C10H14F3N3O. The van der Waals surface area contributed by atoms with E-state index in [9.17, 15) is 13.2 Å². The first kappa shape index (κ1) is 13.7. The summed E-state index contributed by atoms with van der Waals surface area (Å²) < 4.78 is 41.8. The molecule has 0 bridgehead atoms. The summed E-state index contributed by atoms with van der Waals surface area (Å²) in [5, 5.41) is 2.74. The number of rotatable bonds is 6. The molecular weight excluding hydrogens is 235 g/mol. The first-order chi connectivity index (χ1) is 8.04. The fourth-order valence-electron chi connectivity index (χ4n) is 1.17. The average Bonchev–Trinajstić information content (AvgIpc) is 2.28. The number of methoxy groups -OCH3 is 1. The molecule has 1 N–H and O–H groups in total. The van der Waals surface area contributed by atoms with E-state index in [-0.39, 0.29) is 5.95 Å². The van der Waals surface area contributed by atoms with Gasteiger partial charge in [-0.3, -0.25) is 0 Å². The minimum atomic E-state index is -4.44. The van der Waals surface area contributed by atoms with Crippen LogP contribution in [0, 0.1) is 0 Å². The molecule has 0 spiro atoms. The average molecular weight is 249 g/mol. The molecule has 0 amide bonds. The SMILES string of the molecule is COCCCCNc1nccc(C(F)(F)F)n1. The van der Waals surface area contributed by atoms with Crippen molar-refractivity contribution in [1.82, 2.24) is 9.97 Å². The summed E-state index contributed by atoms with van der Waals surface area (Å²) in [5.74, 6) is -0.00255. The van der Waals surface area contributed by atoms with Gasteiger partial charge < -0.3 is 10.1 Å². The molecule has 96 valence electrons. The fraction of sp³-hybridized carbons (Fsp3) is 0.600. The van der Waals surface area contributed by atoms with E-state index >= 15 is 0 Å². The number of halogens is 3. The molecule has 7 heteroatoms. The largest absolute Gasteiger partial charge is 0.433 e. The third-order valence-electron chi connectivity index (χ3n) is 2.00. The van der Waals surface area contributed by atoms with E-state index in [1.165, 1.54) is 0 Å². The van der Waals surface area contributed by atoms with Gasteiger partial charge in [0, 0.05) is 26.5 Å². The molecule has 4 nitrogen and oxygen atoms in total. The Hall–Kier alpha value is -1.37. The molecule has 1 heterocycles. The predicted molar refractivity (Wildman–Crippen MR) is 56.6 cm³/mol. The highest BCUT2D eigenvalue weighted by Crippen LogP contribution is 2.27. The van der Waals surface area contributed by atoms with Crippen molar-refractivity contribution in [3.63, 3.8) is 0 Å². The van der Waals surface area contributed by atoms with Crippen LogP contribution in [0.1, 0.15) is 18.5 Å². The van der Waals surface area contributed by atoms with E-state index in [0.29, 0.717) is 13.2 Å². The second kappa shape index (κ2) is 6.39. The first-order valence-electron chi connectivity index (χ1n) is 5.17. The number of anilines is 1. The summed E-state index contributed by atoms with van der Waals surface area (Å²) in [7, 11) is 1.60. The highest BCUT2D eigenvalue weighted by Gasteiger charge is 2.32. The number of unbranched alkanes of at least 4 members (excludes halogenated alkanes) is 1. The lowest BCUT2D eigenvalue weighted by Gasteiger charge is -2.08. The van der Waals surface area contributed by atoms with Gasteiger partial charge in [0.15, 0.2) is 0 Å². The van der Waals surface area contributed by atoms with Crippen LogP contribution < -0.4 is 5.32 Å². The minimum Gasteiger partial charge on any atom is -0.385 e. The van der Waals surface area contributed by atoms with Gasteiger partial charge >= 0.3 is 6.18 Å². The van der Waals surface area contributed by atoms with Crippen molar-refractivity contribution in [2.45, 2.75) is 19.0 Å². The van der Waals surface area contributed by atoms with Gasteiger partial charge in [-0.1, -0.05) is 0 Å². The smallest absolute Gasteiger partial charge is 0.385 e. The second-order valence-corrected chi connectivity index (χ2v) is 3.39. The Morgan fingerprint density at radius 3 is 2.76 bits per heavy atom. The Balaban J connectivity index is 2.44. The zero-order valence-electron chi connectivity index (χ0n) is 9.42. The fourth-order valence-corrected chi connectivity index (χ4v) is 1.17. The number of aromatic nitrogens is 2. The number of nitrogens with zero attached hydrogens (tertiary/aromatic N) is 2. The molecule has 0 radical (unpaired) electrons. The van der Waals surface area contributed by atoms with Gasteiger partial charge in [-0.15, -0.1) is 0 Å². The Kier molecular flexibility index (Phi) is 5.14. The van der Waals surface area contributed by atoms with E-state index in [2.05, 4.69) is 15.3 Å². The molecule has 0 aliphatic carbocycles.